The molecule has 7 nitrogen and oxygen atoms in total. The number of carbonyl (C=O) groups is 1. The van der Waals surface area contributed by atoms with Crippen molar-refractivity contribution in [1.29, 1.82) is 5.26 Å². The predicted molar refractivity (Wildman–Crippen MR) is 84.0 cm³/mol. The van der Waals surface area contributed by atoms with Crippen LogP contribution in [0.25, 0.3) is 5.69 Å². The number of rotatable bonds is 4. The first-order chi connectivity index (χ1) is 11.2. The van der Waals surface area contributed by atoms with Crippen LogP contribution < -0.4 is 10.6 Å². The van der Waals surface area contributed by atoms with Gasteiger partial charge in [-0.2, -0.15) is 5.26 Å². The molecule has 2 heterocycles. The molecule has 0 radical (unpaired) electrons. The smallest absolute Gasteiger partial charge is 0.290 e. The fraction of sp³-hybridized carbons (Fsp3) is 0.375. The number of benzene rings is 1. The van der Waals surface area contributed by atoms with Gasteiger partial charge in [-0.3, -0.25) is 4.79 Å². The van der Waals surface area contributed by atoms with Gasteiger partial charge in [-0.25, -0.2) is 9.67 Å². The van der Waals surface area contributed by atoms with E-state index in [2.05, 4.69) is 33.7 Å². The Labute approximate surface area is 134 Å². The summed E-state index contributed by atoms with van der Waals surface area (Å²) in [4.78, 5) is 16.2. The number of aromatic nitrogens is 3. The molecular formula is C16H18N6O. The average molecular weight is 310 g/mol. The van der Waals surface area contributed by atoms with Gasteiger partial charge in [-0.05, 0) is 44.0 Å². The van der Waals surface area contributed by atoms with Crippen LogP contribution in [0.5, 0.6) is 0 Å². The van der Waals surface area contributed by atoms with E-state index >= 15 is 0 Å². The van der Waals surface area contributed by atoms with Crippen LogP contribution >= 0.6 is 0 Å². The van der Waals surface area contributed by atoms with Gasteiger partial charge in [0, 0.05) is 12.6 Å². The lowest BCUT2D eigenvalue weighted by atomic mass is 10.0. The molecule has 2 atom stereocenters. The minimum absolute atomic E-state index is 0.131. The second kappa shape index (κ2) is 6.58. The Morgan fingerprint density at radius 3 is 3.17 bits per heavy atom. The van der Waals surface area contributed by atoms with E-state index in [1.807, 2.05) is 6.07 Å². The second-order valence-electron chi connectivity index (χ2n) is 5.68. The van der Waals surface area contributed by atoms with Crippen LogP contribution in [0.2, 0.25) is 0 Å². The molecule has 0 bridgehead atoms. The van der Waals surface area contributed by atoms with E-state index in [0.717, 1.165) is 13.0 Å². The first-order valence-corrected chi connectivity index (χ1v) is 7.61. The van der Waals surface area contributed by atoms with Crippen LogP contribution in [0.15, 0.2) is 30.6 Å². The summed E-state index contributed by atoms with van der Waals surface area (Å²) in [5, 5.41) is 19.4. The van der Waals surface area contributed by atoms with Gasteiger partial charge in [-0.15, -0.1) is 5.10 Å². The van der Waals surface area contributed by atoms with Crippen molar-refractivity contribution in [3.63, 3.8) is 0 Å². The first-order valence-electron chi connectivity index (χ1n) is 7.61. The Bertz CT molecular complexity index is 747. The van der Waals surface area contributed by atoms with Gasteiger partial charge in [0.15, 0.2) is 0 Å². The molecule has 3 rings (SSSR count). The van der Waals surface area contributed by atoms with Crippen molar-refractivity contribution in [3.05, 3.63) is 42.0 Å². The van der Waals surface area contributed by atoms with Crippen LogP contribution in [-0.2, 0) is 0 Å². The Morgan fingerprint density at radius 2 is 2.43 bits per heavy atom. The van der Waals surface area contributed by atoms with Crippen LogP contribution in [0.4, 0.5) is 0 Å². The highest BCUT2D eigenvalue weighted by Gasteiger charge is 2.23. The molecule has 2 N–H and O–H groups in total. The van der Waals surface area contributed by atoms with Crippen molar-refractivity contribution in [2.75, 3.05) is 13.1 Å². The minimum atomic E-state index is -0.278. The Hall–Kier alpha value is -2.72. The molecule has 0 spiro atoms. The fourth-order valence-corrected chi connectivity index (χ4v) is 2.70. The van der Waals surface area contributed by atoms with Crippen molar-refractivity contribution >= 4 is 5.91 Å². The average Bonchev–Trinajstić information content (AvgIpc) is 3.22. The summed E-state index contributed by atoms with van der Waals surface area (Å²) >= 11 is 0. The highest BCUT2D eigenvalue weighted by Crippen LogP contribution is 2.14. The maximum atomic E-state index is 12.2. The van der Waals surface area contributed by atoms with E-state index in [-0.39, 0.29) is 11.7 Å². The predicted octanol–water partition coefficient (Wildman–Crippen LogP) is 0.867. The quantitative estimate of drug-likeness (QED) is 0.873. The van der Waals surface area contributed by atoms with Gasteiger partial charge < -0.3 is 10.6 Å². The largest absolute Gasteiger partial charge is 0.349 e. The highest BCUT2D eigenvalue weighted by molar-refractivity contribution is 5.90. The SMILES string of the molecule is C[C@H]1NCCC1CNC(=O)c1ncn(-c2cccc(C#N)c2)n1. The number of hydrogen-bond donors (Lipinski definition) is 2. The zero-order chi connectivity index (χ0) is 16.2. The van der Waals surface area contributed by atoms with Crippen molar-refractivity contribution in [3.8, 4) is 11.8 Å². The molecule has 1 saturated heterocycles. The third-order valence-electron chi connectivity index (χ3n) is 4.15. The van der Waals surface area contributed by atoms with E-state index in [4.69, 9.17) is 5.26 Å². The second-order valence-corrected chi connectivity index (χ2v) is 5.68. The molecule has 2 aromatic rings. The van der Waals surface area contributed by atoms with Gasteiger partial charge in [0.25, 0.3) is 5.91 Å². The number of nitrogens with one attached hydrogen (secondary N) is 2. The monoisotopic (exact) mass is 310 g/mol. The van der Waals surface area contributed by atoms with Gasteiger partial charge in [-0.1, -0.05) is 6.07 Å². The molecule has 23 heavy (non-hydrogen) atoms. The fourth-order valence-electron chi connectivity index (χ4n) is 2.70. The lowest BCUT2D eigenvalue weighted by molar-refractivity contribution is 0.0936. The standard InChI is InChI=1S/C16H18N6O/c1-11-13(5-6-18-11)9-19-16(23)15-20-10-22(21-15)14-4-2-3-12(7-14)8-17/h2-4,7,10-11,13,18H,5-6,9H2,1H3,(H,19,23)/t11-,13?/m1/s1. The Balaban J connectivity index is 1.66. The zero-order valence-electron chi connectivity index (χ0n) is 12.9. The molecule has 1 amide bonds. The van der Waals surface area contributed by atoms with Gasteiger partial charge >= 0.3 is 0 Å². The van der Waals surface area contributed by atoms with Crippen LogP contribution in [0.1, 0.15) is 29.5 Å². The molecule has 1 aromatic carbocycles. The van der Waals surface area contributed by atoms with Gasteiger partial charge in [0.05, 0.1) is 17.3 Å². The van der Waals surface area contributed by atoms with Crippen LogP contribution in [0.3, 0.4) is 0 Å². The van der Waals surface area contributed by atoms with Crippen molar-refractivity contribution in [2.24, 2.45) is 5.92 Å². The molecule has 118 valence electrons. The number of nitriles is 1. The van der Waals surface area contributed by atoms with E-state index < -0.39 is 0 Å². The summed E-state index contributed by atoms with van der Waals surface area (Å²) in [6, 6.07) is 9.47. The van der Waals surface area contributed by atoms with E-state index in [1.54, 1.807) is 18.2 Å². The Kier molecular flexibility index (Phi) is 4.35. The number of nitrogens with zero attached hydrogens (tertiary/aromatic N) is 4. The third-order valence-corrected chi connectivity index (χ3v) is 4.15. The normalized spacial score (nSPS) is 20.2. The molecule has 7 heteroatoms. The van der Waals surface area contributed by atoms with Gasteiger partial charge in [0.1, 0.15) is 6.33 Å². The maximum Gasteiger partial charge on any atom is 0.290 e. The van der Waals surface area contributed by atoms with Gasteiger partial charge in [0.2, 0.25) is 5.82 Å². The van der Waals surface area contributed by atoms with Crippen molar-refractivity contribution in [1.82, 2.24) is 25.4 Å². The molecule has 1 fully saturated rings. The molecule has 0 aliphatic carbocycles. The van der Waals surface area contributed by atoms with E-state index in [1.165, 1.54) is 11.0 Å². The summed E-state index contributed by atoms with van der Waals surface area (Å²) in [5.74, 6) is 0.290. The minimum Gasteiger partial charge on any atom is -0.349 e. The van der Waals surface area contributed by atoms with Crippen molar-refractivity contribution < 1.29 is 4.79 Å². The molecule has 1 aliphatic rings. The molecule has 1 unspecified atom stereocenters. The summed E-state index contributed by atoms with van der Waals surface area (Å²) in [6.07, 6.45) is 2.54. The maximum absolute atomic E-state index is 12.2. The zero-order valence-corrected chi connectivity index (χ0v) is 12.9. The summed E-state index contributed by atoms with van der Waals surface area (Å²) < 4.78 is 1.50. The highest BCUT2D eigenvalue weighted by atomic mass is 16.2. The summed E-state index contributed by atoms with van der Waals surface area (Å²) in [6.45, 7) is 3.73. The van der Waals surface area contributed by atoms with Crippen LogP contribution in [-0.4, -0.2) is 39.8 Å². The number of carbonyl (C=O) groups excluding carboxylic acids is 1. The van der Waals surface area contributed by atoms with Crippen LogP contribution in [0, 0.1) is 17.2 Å². The summed E-state index contributed by atoms with van der Waals surface area (Å²) in [7, 11) is 0. The number of amides is 1. The molecule has 1 aromatic heterocycles. The topological polar surface area (TPSA) is 95.6 Å². The van der Waals surface area contributed by atoms with E-state index in [9.17, 15) is 4.79 Å². The molecule has 1 aliphatic heterocycles. The van der Waals surface area contributed by atoms with Crippen molar-refractivity contribution in [2.45, 2.75) is 19.4 Å². The third kappa shape index (κ3) is 3.38. The summed E-state index contributed by atoms with van der Waals surface area (Å²) in [5.41, 5.74) is 1.23. The lowest BCUT2D eigenvalue weighted by Gasteiger charge is -2.14. The first kappa shape index (κ1) is 15.2. The van der Waals surface area contributed by atoms with E-state index in [0.29, 0.717) is 29.8 Å². The lowest BCUT2D eigenvalue weighted by Crippen LogP contribution is -2.34. The molecule has 0 saturated carbocycles. The Morgan fingerprint density at radius 1 is 1.57 bits per heavy atom. The molecular weight excluding hydrogens is 292 g/mol. The number of hydrogen-bond acceptors (Lipinski definition) is 5.